The van der Waals surface area contributed by atoms with E-state index in [0.717, 1.165) is 67.5 Å². The molecule has 0 unspecified atom stereocenters. The molecule has 0 aliphatic carbocycles. The molecule has 4 nitrogen and oxygen atoms in total. The first-order valence-electron chi connectivity index (χ1n) is 14.2. The van der Waals surface area contributed by atoms with Crippen LogP contribution >= 0.6 is 0 Å². The number of hydrogen-bond acceptors (Lipinski definition) is 4. The Morgan fingerprint density at radius 2 is 1.58 bits per heavy atom. The summed E-state index contributed by atoms with van der Waals surface area (Å²) in [6, 6.07) is 35.1. The van der Waals surface area contributed by atoms with Crippen molar-refractivity contribution in [2.45, 2.75) is 41.0 Å². The minimum absolute atomic E-state index is 0. The second kappa shape index (κ2) is 12.6. The Bertz CT molecular complexity index is 2010. The molecule has 0 amide bonds. The molecule has 7 rings (SSSR count). The van der Waals surface area contributed by atoms with E-state index in [9.17, 15) is 0 Å². The summed E-state index contributed by atoms with van der Waals surface area (Å²) < 4.78 is 6.41. The Labute approximate surface area is 266 Å². The van der Waals surface area contributed by atoms with E-state index in [1.54, 1.807) is 0 Å². The van der Waals surface area contributed by atoms with Crippen LogP contribution in [0.2, 0.25) is 0 Å². The normalized spacial score (nSPS) is 11.3. The van der Waals surface area contributed by atoms with Crippen LogP contribution in [-0.2, 0) is 26.5 Å². The van der Waals surface area contributed by atoms with Crippen molar-refractivity contribution in [3.05, 3.63) is 126 Å². The van der Waals surface area contributed by atoms with Gasteiger partial charge in [0.2, 0.25) is 0 Å². The van der Waals surface area contributed by atoms with Gasteiger partial charge in [0.05, 0.1) is 5.58 Å². The molecule has 0 saturated heterocycles. The van der Waals surface area contributed by atoms with Gasteiger partial charge in [0.15, 0.2) is 0 Å². The van der Waals surface area contributed by atoms with Crippen molar-refractivity contribution in [1.82, 2.24) is 15.0 Å². The Morgan fingerprint density at radius 1 is 0.767 bits per heavy atom. The molecule has 3 aromatic carbocycles. The van der Waals surface area contributed by atoms with Crippen LogP contribution in [-0.4, -0.2) is 15.0 Å². The van der Waals surface area contributed by atoms with E-state index in [2.05, 4.69) is 85.3 Å². The molecule has 0 aliphatic rings. The number of nitrogens with zero attached hydrogens (tertiary/aromatic N) is 3. The minimum Gasteiger partial charge on any atom is -0.498 e. The zero-order valence-corrected chi connectivity index (χ0v) is 27.4. The molecule has 43 heavy (non-hydrogen) atoms. The van der Waals surface area contributed by atoms with Crippen molar-refractivity contribution in [2.24, 2.45) is 5.41 Å². The Hall–Kier alpha value is -4.18. The third-order valence-electron chi connectivity index (χ3n) is 7.11. The van der Waals surface area contributed by atoms with Gasteiger partial charge in [-0.05, 0) is 54.8 Å². The van der Waals surface area contributed by atoms with Gasteiger partial charge in [0.1, 0.15) is 11.1 Å². The Morgan fingerprint density at radius 3 is 2.33 bits per heavy atom. The fourth-order valence-electron chi connectivity index (χ4n) is 5.18. The van der Waals surface area contributed by atoms with E-state index >= 15 is 0 Å². The van der Waals surface area contributed by atoms with Gasteiger partial charge in [0, 0.05) is 49.0 Å². The van der Waals surface area contributed by atoms with Crippen LogP contribution in [0.1, 0.15) is 37.6 Å². The average Bonchev–Trinajstić information content (AvgIpc) is 3.37. The molecular formula is C38H33IrN3O-2. The van der Waals surface area contributed by atoms with Crippen molar-refractivity contribution in [3.63, 3.8) is 0 Å². The quantitative estimate of drug-likeness (QED) is 0.170. The topological polar surface area (TPSA) is 51.8 Å². The number of aryl methyl sites for hydroxylation is 2. The number of benzene rings is 3. The maximum Gasteiger partial charge on any atom is 0.147 e. The van der Waals surface area contributed by atoms with Crippen molar-refractivity contribution < 1.29 is 24.5 Å². The average molecular weight is 740 g/mol. The fraction of sp³-hybridized carbons (Fsp3) is 0.184. The molecule has 4 heterocycles. The van der Waals surface area contributed by atoms with Crippen LogP contribution in [0.25, 0.3) is 55.4 Å². The smallest absolute Gasteiger partial charge is 0.147 e. The molecule has 1 radical (unpaired) electrons. The number of hydrogen-bond donors (Lipinski definition) is 0. The molecule has 0 aliphatic heterocycles. The largest absolute Gasteiger partial charge is 0.498 e. The van der Waals surface area contributed by atoms with Crippen molar-refractivity contribution in [2.75, 3.05) is 0 Å². The summed E-state index contributed by atoms with van der Waals surface area (Å²) in [5.74, 6) is 0. The molecule has 7 aromatic rings. The predicted octanol–water partition coefficient (Wildman–Crippen LogP) is 9.75. The summed E-state index contributed by atoms with van der Waals surface area (Å²) in [6.07, 6.45) is 4.74. The van der Waals surface area contributed by atoms with Crippen LogP contribution in [0.15, 0.2) is 102 Å². The monoisotopic (exact) mass is 740 g/mol. The molecule has 0 fully saturated rings. The summed E-state index contributed by atoms with van der Waals surface area (Å²) in [7, 11) is 0. The predicted molar refractivity (Wildman–Crippen MR) is 172 cm³/mol. The van der Waals surface area contributed by atoms with Gasteiger partial charge in [-0.15, -0.1) is 54.1 Å². The van der Waals surface area contributed by atoms with E-state index in [1.165, 1.54) is 11.1 Å². The van der Waals surface area contributed by atoms with Crippen molar-refractivity contribution >= 4 is 32.8 Å². The number of rotatable bonds is 3. The second-order valence-electron chi connectivity index (χ2n) is 11.9. The summed E-state index contributed by atoms with van der Waals surface area (Å²) >= 11 is 0. The standard InChI is InChI=1S/C26H23N2O.C12H10N.Ir/c1-16-8-9-18-10-11-20-19-6-5-7-21(24(19)29-25(20)23(18)28-16)22-14-17(12-13-27-22)15-26(2,3)4;1-10-7-8-12(13-9-10)11-5-3-2-4-6-11;/h5-6,8-14H,15H2,1-4H3;2-5,7-9H,1H3;/q2*-1;. The van der Waals surface area contributed by atoms with E-state index in [1.807, 2.05) is 68.7 Å². The molecular weight excluding hydrogens is 707 g/mol. The molecule has 4 aromatic heterocycles. The fourth-order valence-corrected chi connectivity index (χ4v) is 5.18. The first kappa shape index (κ1) is 30.3. The maximum atomic E-state index is 6.41. The van der Waals surface area contributed by atoms with E-state index < -0.39 is 0 Å². The van der Waals surface area contributed by atoms with Crippen LogP contribution in [0.3, 0.4) is 0 Å². The van der Waals surface area contributed by atoms with Crippen LogP contribution in [0.5, 0.6) is 0 Å². The van der Waals surface area contributed by atoms with Crippen LogP contribution in [0, 0.1) is 31.4 Å². The van der Waals surface area contributed by atoms with Gasteiger partial charge < -0.3 is 14.4 Å². The van der Waals surface area contributed by atoms with Crippen molar-refractivity contribution in [1.29, 1.82) is 0 Å². The Balaban J connectivity index is 0.000000221. The molecule has 0 bridgehead atoms. The van der Waals surface area contributed by atoms with E-state index in [0.29, 0.717) is 0 Å². The molecule has 217 valence electrons. The maximum absolute atomic E-state index is 6.41. The zero-order chi connectivity index (χ0) is 29.3. The summed E-state index contributed by atoms with van der Waals surface area (Å²) in [4.78, 5) is 13.7. The number of furan rings is 1. The number of fused-ring (bicyclic) bond motifs is 5. The van der Waals surface area contributed by atoms with Crippen LogP contribution < -0.4 is 0 Å². The van der Waals surface area contributed by atoms with Crippen LogP contribution in [0.4, 0.5) is 0 Å². The molecule has 0 N–H and O–H groups in total. The van der Waals surface area contributed by atoms with Gasteiger partial charge in [-0.1, -0.05) is 73.7 Å². The molecule has 5 heteroatoms. The van der Waals surface area contributed by atoms with Gasteiger partial charge in [-0.25, -0.2) is 4.98 Å². The van der Waals surface area contributed by atoms with E-state index in [-0.39, 0.29) is 25.5 Å². The van der Waals surface area contributed by atoms with Crippen molar-refractivity contribution in [3.8, 4) is 22.5 Å². The third kappa shape index (κ3) is 6.74. The third-order valence-corrected chi connectivity index (χ3v) is 7.11. The van der Waals surface area contributed by atoms with Gasteiger partial charge in [-0.3, -0.25) is 0 Å². The first-order valence-corrected chi connectivity index (χ1v) is 14.2. The molecule has 0 spiro atoms. The Kier molecular flexibility index (Phi) is 8.87. The summed E-state index contributed by atoms with van der Waals surface area (Å²) in [5, 5.41) is 3.23. The van der Waals surface area contributed by atoms with Gasteiger partial charge in [-0.2, -0.15) is 0 Å². The molecule has 0 saturated carbocycles. The number of pyridine rings is 3. The SMILES string of the molecule is Cc1ccc(-c2[c-]cccc2)nc1.Cc1ccc2ccc3c4cc[c-]c(-c5cc(CC(C)(C)C)ccn5)c4oc3c2n1.[Ir]. The summed E-state index contributed by atoms with van der Waals surface area (Å²) in [6.45, 7) is 10.8. The second-order valence-corrected chi connectivity index (χ2v) is 11.9. The number of aromatic nitrogens is 3. The molecule has 0 atom stereocenters. The summed E-state index contributed by atoms with van der Waals surface area (Å²) in [5.41, 5.74) is 10.0. The zero-order valence-electron chi connectivity index (χ0n) is 25.0. The van der Waals surface area contributed by atoms with E-state index in [4.69, 9.17) is 9.40 Å². The minimum atomic E-state index is 0. The van der Waals surface area contributed by atoms with Gasteiger partial charge >= 0.3 is 0 Å². The van der Waals surface area contributed by atoms with Gasteiger partial charge in [0.25, 0.3) is 0 Å². The first-order chi connectivity index (χ1) is 20.2.